The number of para-hydroxylation sites is 1. The first kappa shape index (κ1) is 14.6. The number of allylic oxidation sites excluding steroid dienone is 2. The second-order valence-corrected chi connectivity index (χ2v) is 6.03. The number of benzene rings is 1. The largest absolute Gasteiger partial charge is 0.466 e. The van der Waals surface area contributed by atoms with Gasteiger partial charge in [-0.15, -0.1) is 11.3 Å². The summed E-state index contributed by atoms with van der Waals surface area (Å²) in [5, 5.41) is 2.05. The molecule has 22 heavy (non-hydrogen) atoms. The molecular formula is C18H17NO2S. The van der Waals surface area contributed by atoms with E-state index < -0.39 is 0 Å². The molecule has 112 valence electrons. The summed E-state index contributed by atoms with van der Waals surface area (Å²) in [6, 6.07) is 14.2. The molecule has 0 spiro atoms. The first-order valence-electron chi connectivity index (χ1n) is 7.08. The molecule has 2 heterocycles. The van der Waals surface area contributed by atoms with Gasteiger partial charge in [0.15, 0.2) is 0 Å². The Labute approximate surface area is 134 Å². The Balaban J connectivity index is 2.06. The zero-order valence-corrected chi connectivity index (χ0v) is 13.4. The predicted molar refractivity (Wildman–Crippen MR) is 90.6 cm³/mol. The summed E-state index contributed by atoms with van der Waals surface area (Å²) in [5.74, 6) is -0.256. The van der Waals surface area contributed by atoms with Gasteiger partial charge in [0.25, 0.3) is 0 Å². The number of rotatable bonds is 3. The van der Waals surface area contributed by atoms with Crippen LogP contribution in [0.1, 0.15) is 18.2 Å². The van der Waals surface area contributed by atoms with E-state index in [0.717, 1.165) is 17.1 Å². The second-order valence-electron chi connectivity index (χ2n) is 5.05. The molecular weight excluding hydrogens is 294 g/mol. The highest BCUT2D eigenvalue weighted by Crippen LogP contribution is 2.37. The van der Waals surface area contributed by atoms with E-state index in [-0.39, 0.29) is 5.97 Å². The Morgan fingerprint density at radius 3 is 2.64 bits per heavy atom. The molecule has 0 amide bonds. The van der Waals surface area contributed by atoms with E-state index in [4.69, 9.17) is 4.74 Å². The van der Waals surface area contributed by atoms with Crippen molar-refractivity contribution in [2.75, 3.05) is 12.0 Å². The van der Waals surface area contributed by atoms with Crippen LogP contribution in [0.4, 0.5) is 5.69 Å². The van der Waals surface area contributed by atoms with Gasteiger partial charge in [-0.2, -0.15) is 0 Å². The molecule has 2 aromatic rings. The minimum atomic E-state index is -0.256. The molecule has 0 saturated carbocycles. The molecule has 0 N–H and O–H groups in total. The quantitative estimate of drug-likeness (QED) is 0.785. The topological polar surface area (TPSA) is 29.5 Å². The van der Waals surface area contributed by atoms with Gasteiger partial charge in [0, 0.05) is 28.4 Å². The van der Waals surface area contributed by atoms with Gasteiger partial charge in [-0.05, 0) is 36.6 Å². The van der Waals surface area contributed by atoms with Gasteiger partial charge in [-0.25, -0.2) is 4.79 Å². The fourth-order valence-corrected chi connectivity index (χ4v) is 3.35. The van der Waals surface area contributed by atoms with Crippen LogP contribution in [0, 0.1) is 0 Å². The summed E-state index contributed by atoms with van der Waals surface area (Å²) in [4.78, 5) is 15.3. The lowest BCUT2D eigenvalue weighted by Crippen LogP contribution is -2.15. The molecule has 0 radical (unpaired) electrons. The molecule has 0 bridgehead atoms. The van der Waals surface area contributed by atoms with Gasteiger partial charge in [-0.1, -0.05) is 24.3 Å². The van der Waals surface area contributed by atoms with Crippen molar-refractivity contribution >= 4 is 29.1 Å². The predicted octanol–water partition coefficient (Wildman–Crippen LogP) is 4.45. The maximum absolute atomic E-state index is 12.0. The van der Waals surface area contributed by atoms with Crippen molar-refractivity contribution in [2.24, 2.45) is 0 Å². The number of carbonyl (C=O) groups excluding carboxylic acids is 1. The second kappa shape index (κ2) is 6.20. The fraction of sp³-hybridized carbons (Fsp3) is 0.167. The molecule has 1 aliphatic rings. The number of carbonyl (C=O) groups is 1. The summed E-state index contributed by atoms with van der Waals surface area (Å²) in [6.07, 6.45) is 2.72. The Morgan fingerprint density at radius 1 is 1.23 bits per heavy atom. The monoisotopic (exact) mass is 311 g/mol. The fourth-order valence-electron chi connectivity index (χ4n) is 2.67. The number of nitrogens with zero attached hydrogens (tertiary/aromatic N) is 1. The van der Waals surface area contributed by atoms with Gasteiger partial charge in [0.05, 0.1) is 12.7 Å². The van der Waals surface area contributed by atoms with Crippen molar-refractivity contribution in [2.45, 2.75) is 13.3 Å². The molecule has 1 aromatic heterocycles. The summed E-state index contributed by atoms with van der Waals surface area (Å²) < 4.78 is 4.92. The number of methoxy groups -OCH3 is 1. The molecule has 0 atom stereocenters. The highest BCUT2D eigenvalue weighted by molar-refractivity contribution is 7.10. The van der Waals surface area contributed by atoms with Crippen LogP contribution < -0.4 is 4.90 Å². The highest BCUT2D eigenvalue weighted by Gasteiger charge is 2.29. The van der Waals surface area contributed by atoms with Crippen molar-refractivity contribution in [1.29, 1.82) is 0 Å². The first-order chi connectivity index (χ1) is 10.7. The lowest BCUT2D eigenvalue weighted by atomic mass is 10.1. The van der Waals surface area contributed by atoms with E-state index in [0.29, 0.717) is 12.0 Å². The van der Waals surface area contributed by atoms with Gasteiger partial charge in [-0.3, -0.25) is 0 Å². The molecule has 0 fully saturated rings. The van der Waals surface area contributed by atoms with Gasteiger partial charge >= 0.3 is 5.97 Å². The average molecular weight is 311 g/mol. The molecule has 3 rings (SSSR count). The highest BCUT2D eigenvalue weighted by atomic mass is 32.1. The first-order valence-corrected chi connectivity index (χ1v) is 7.96. The van der Waals surface area contributed by atoms with Crippen LogP contribution in [0.3, 0.4) is 0 Å². The SMILES string of the molecule is COC(=O)C1=C(C)N(c2ccccc2)/C(=C/c2cccs2)C1. The molecule has 0 saturated heterocycles. The minimum Gasteiger partial charge on any atom is -0.466 e. The standard InChI is InChI=1S/C18H17NO2S/c1-13-17(18(20)21-2)12-15(11-16-9-6-10-22-16)19(13)14-7-4-3-5-8-14/h3-11H,12H2,1-2H3/b15-11+. The Kier molecular flexibility index (Phi) is 4.11. The third kappa shape index (κ3) is 2.70. The Morgan fingerprint density at radius 2 is 2.00 bits per heavy atom. The number of thiophene rings is 1. The van der Waals surface area contributed by atoms with Crippen molar-refractivity contribution in [3.8, 4) is 0 Å². The lowest BCUT2D eigenvalue weighted by Gasteiger charge is -2.22. The van der Waals surface area contributed by atoms with Crippen LogP contribution in [0.2, 0.25) is 0 Å². The summed E-state index contributed by atoms with van der Waals surface area (Å²) in [7, 11) is 1.43. The van der Waals surface area contributed by atoms with Crippen LogP contribution in [0.15, 0.2) is 64.8 Å². The zero-order valence-electron chi connectivity index (χ0n) is 12.6. The molecule has 0 aliphatic carbocycles. The number of anilines is 1. The van der Waals surface area contributed by atoms with Crippen molar-refractivity contribution in [3.63, 3.8) is 0 Å². The minimum absolute atomic E-state index is 0.256. The van der Waals surface area contributed by atoms with Crippen LogP contribution in [-0.2, 0) is 9.53 Å². The van der Waals surface area contributed by atoms with Gasteiger partial charge < -0.3 is 9.64 Å². The van der Waals surface area contributed by atoms with E-state index in [9.17, 15) is 4.79 Å². The molecule has 3 nitrogen and oxygen atoms in total. The van der Waals surface area contributed by atoms with Crippen LogP contribution in [0.25, 0.3) is 6.08 Å². The van der Waals surface area contributed by atoms with Crippen LogP contribution in [0.5, 0.6) is 0 Å². The molecule has 4 heteroatoms. The van der Waals surface area contributed by atoms with Crippen molar-refractivity contribution in [1.82, 2.24) is 0 Å². The van der Waals surface area contributed by atoms with E-state index >= 15 is 0 Å². The number of hydrogen-bond donors (Lipinski definition) is 0. The average Bonchev–Trinajstić information content (AvgIpc) is 3.16. The molecule has 1 aromatic carbocycles. The molecule has 1 aliphatic heterocycles. The smallest absolute Gasteiger partial charge is 0.335 e. The Hall–Kier alpha value is -2.33. The van der Waals surface area contributed by atoms with E-state index in [1.807, 2.05) is 43.3 Å². The van der Waals surface area contributed by atoms with Crippen molar-refractivity contribution in [3.05, 3.63) is 69.7 Å². The summed E-state index contributed by atoms with van der Waals surface area (Å²) in [6.45, 7) is 1.97. The Bertz CT molecular complexity index is 730. The third-order valence-electron chi connectivity index (χ3n) is 3.72. The van der Waals surface area contributed by atoms with Crippen LogP contribution >= 0.6 is 11.3 Å². The lowest BCUT2D eigenvalue weighted by molar-refractivity contribution is -0.136. The van der Waals surface area contributed by atoms with Crippen LogP contribution in [-0.4, -0.2) is 13.1 Å². The normalized spacial score (nSPS) is 16.5. The number of hydrogen-bond acceptors (Lipinski definition) is 4. The van der Waals surface area contributed by atoms with E-state index in [1.165, 1.54) is 12.0 Å². The maximum atomic E-state index is 12.0. The third-order valence-corrected chi connectivity index (χ3v) is 4.53. The number of ether oxygens (including phenoxy) is 1. The summed E-state index contributed by atoms with van der Waals surface area (Å²) in [5.41, 5.74) is 3.79. The zero-order chi connectivity index (χ0) is 15.5. The molecule has 0 unspecified atom stereocenters. The number of esters is 1. The van der Waals surface area contributed by atoms with E-state index in [2.05, 4.69) is 22.4 Å². The maximum Gasteiger partial charge on any atom is 0.335 e. The van der Waals surface area contributed by atoms with Gasteiger partial charge in [0.1, 0.15) is 0 Å². The van der Waals surface area contributed by atoms with Crippen molar-refractivity contribution < 1.29 is 9.53 Å². The van der Waals surface area contributed by atoms with Gasteiger partial charge in [0.2, 0.25) is 0 Å². The van der Waals surface area contributed by atoms with E-state index in [1.54, 1.807) is 11.3 Å². The summed E-state index contributed by atoms with van der Waals surface area (Å²) >= 11 is 1.69.